The van der Waals surface area contributed by atoms with Crippen LogP contribution in [0.3, 0.4) is 0 Å². The molecule has 0 radical (unpaired) electrons. The molecule has 0 atom stereocenters. The largest absolute Gasteiger partial charge is 0.507 e. The lowest BCUT2D eigenvalue weighted by Crippen LogP contribution is -2.04. The fourth-order valence-corrected chi connectivity index (χ4v) is 2.57. The van der Waals surface area contributed by atoms with E-state index in [1.165, 1.54) is 18.2 Å². The van der Waals surface area contributed by atoms with E-state index < -0.39 is 0 Å². The molecule has 0 amide bonds. The first-order chi connectivity index (χ1) is 10.6. The van der Waals surface area contributed by atoms with Crippen molar-refractivity contribution in [3.63, 3.8) is 0 Å². The van der Waals surface area contributed by atoms with E-state index in [4.69, 9.17) is 4.42 Å². The summed E-state index contributed by atoms with van der Waals surface area (Å²) in [5.74, 6) is -0.0685. The van der Waals surface area contributed by atoms with Crippen LogP contribution >= 0.6 is 15.9 Å². The monoisotopic (exact) mass is 358 g/mol. The van der Waals surface area contributed by atoms with Crippen molar-refractivity contribution in [1.82, 2.24) is 0 Å². The van der Waals surface area contributed by atoms with Gasteiger partial charge in [0.05, 0.1) is 5.33 Å². The minimum atomic E-state index is -0.351. The van der Waals surface area contributed by atoms with Gasteiger partial charge in [0.15, 0.2) is 11.2 Å². The molecule has 2 aromatic carbocycles. The van der Waals surface area contributed by atoms with Crippen LogP contribution in [0, 0.1) is 0 Å². The van der Waals surface area contributed by atoms with Crippen LogP contribution in [0.4, 0.5) is 0 Å². The van der Waals surface area contributed by atoms with Gasteiger partial charge in [-0.25, -0.2) is 0 Å². The fourth-order valence-electron chi connectivity index (χ4n) is 2.25. The lowest BCUT2D eigenvalue weighted by Gasteiger charge is -2.06. The van der Waals surface area contributed by atoms with E-state index >= 15 is 0 Å². The number of phenolic OH excluding ortho intramolecular Hbond substituents is 1. The van der Waals surface area contributed by atoms with Gasteiger partial charge < -0.3 is 9.52 Å². The third kappa shape index (κ3) is 2.55. The summed E-state index contributed by atoms with van der Waals surface area (Å²) >= 11 is 3.08. The van der Waals surface area contributed by atoms with E-state index in [1.54, 1.807) is 0 Å². The molecule has 0 spiro atoms. The number of carbonyl (C=O) groups excluding carboxylic acids is 1. The van der Waals surface area contributed by atoms with E-state index in [2.05, 4.69) is 15.9 Å². The quantitative estimate of drug-likeness (QED) is 0.571. The highest BCUT2D eigenvalue weighted by Crippen LogP contribution is 2.28. The standard InChI is InChI=1S/C17H11BrO4/c18-9-14(21)11-6-12(19)17-13(20)8-15(22-16(17)7-11)10-4-2-1-3-5-10/h1-8,19H,9H2. The number of carbonyl (C=O) groups is 1. The molecule has 0 aliphatic rings. The smallest absolute Gasteiger partial charge is 0.197 e. The predicted octanol–water partition coefficient (Wildman–Crippen LogP) is 3.74. The predicted molar refractivity (Wildman–Crippen MR) is 87.7 cm³/mol. The number of halogens is 1. The molecule has 0 aliphatic heterocycles. The molecule has 3 rings (SSSR count). The summed E-state index contributed by atoms with van der Waals surface area (Å²) in [7, 11) is 0. The number of aromatic hydroxyl groups is 1. The van der Waals surface area contributed by atoms with Gasteiger partial charge in [0.25, 0.3) is 0 Å². The zero-order valence-corrected chi connectivity index (χ0v) is 13.0. The molecular weight excluding hydrogens is 348 g/mol. The summed E-state index contributed by atoms with van der Waals surface area (Å²) in [6, 6.07) is 13.3. The van der Waals surface area contributed by atoms with Crippen LogP contribution in [-0.2, 0) is 0 Å². The van der Waals surface area contributed by atoms with Gasteiger partial charge in [-0.2, -0.15) is 0 Å². The molecule has 0 saturated heterocycles. The van der Waals surface area contributed by atoms with Gasteiger partial charge in [-0.05, 0) is 12.1 Å². The van der Waals surface area contributed by atoms with Crippen molar-refractivity contribution in [3.8, 4) is 17.1 Å². The summed E-state index contributed by atoms with van der Waals surface area (Å²) in [6.07, 6.45) is 0. The average molecular weight is 359 g/mol. The van der Waals surface area contributed by atoms with Gasteiger partial charge in [0, 0.05) is 17.2 Å². The van der Waals surface area contributed by atoms with Crippen LogP contribution in [0.2, 0.25) is 0 Å². The number of phenols is 1. The van der Waals surface area contributed by atoms with Crippen LogP contribution < -0.4 is 5.43 Å². The average Bonchev–Trinajstić information content (AvgIpc) is 2.54. The summed E-state index contributed by atoms with van der Waals surface area (Å²) in [5.41, 5.74) is 0.875. The lowest BCUT2D eigenvalue weighted by molar-refractivity contribution is 0.102. The van der Waals surface area contributed by atoms with Gasteiger partial charge in [-0.3, -0.25) is 9.59 Å². The number of hydrogen-bond donors (Lipinski definition) is 1. The Bertz CT molecular complexity index is 913. The van der Waals surface area contributed by atoms with Crippen LogP contribution in [0.5, 0.6) is 5.75 Å². The Kier molecular flexibility index (Phi) is 3.81. The Morgan fingerprint density at radius 2 is 1.86 bits per heavy atom. The van der Waals surface area contributed by atoms with E-state index in [1.807, 2.05) is 30.3 Å². The van der Waals surface area contributed by atoms with Crippen molar-refractivity contribution < 1.29 is 14.3 Å². The second kappa shape index (κ2) is 5.77. The van der Waals surface area contributed by atoms with Crippen molar-refractivity contribution in [2.24, 2.45) is 0 Å². The first kappa shape index (κ1) is 14.5. The normalized spacial score (nSPS) is 10.8. The summed E-state index contributed by atoms with van der Waals surface area (Å²) < 4.78 is 5.72. The first-order valence-electron chi connectivity index (χ1n) is 6.55. The van der Waals surface area contributed by atoms with Crippen molar-refractivity contribution in [2.75, 3.05) is 5.33 Å². The van der Waals surface area contributed by atoms with Crippen molar-refractivity contribution in [2.45, 2.75) is 0 Å². The molecule has 1 N–H and O–H groups in total. The van der Waals surface area contributed by atoms with Crippen LogP contribution in [0.15, 0.2) is 57.7 Å². The number of rotatable bonds is 3. The Labute approximate surface area is 134 Å². The Hall–Kier alpha value is -2.40. The molecule has 0 saturated carbocycles. The fraction of sp³-hybridized carbons (Fsp3) is 0.0588. The topological polar surface area (TPSA) is 67.5 Å². The Balaban J connectivity index is 2.28. The van der Waals surface area contributed by atoms with E-state index in [0.29, 0.717) is 5.76 Å². The molecule has 5 heteroatoms. The van der Waals surface area contributed by atoms with Crippen molar-refractivity contribution in [1.29, 1.82) is 0 Å². The van der Waals surface area contributed by atoms with Crippen molar-refractivity contribution in [3.05, 3.63) is 64.3 Å². The lowest BCUT2D eigenvalue weighted by atomic mass is 10.1. The summed E-state index contributed by atoms with van der Waals surface area (Å²) in [4.78, 5) is 24.0. The number of benzene rings is 2. The minimum Gasteiger partial charge on any atom is -0.507 e. The summed E-state index contributed by atoms with van der Waals surface area (Å²) in [5, 5.41) is 10.2. The number of fused-ring (bicyclic) bond motifs is 1. The van der Waals surface area contributed by atoms with Crippen molar-refractivity contribution >= 4 is 32.7 Å². The molecule has 0 fully saturated rings. The molecule has 22 heavy (non-hydrogen) atoms. The Morgan fingerprint density at radius 3 is 2.55 bits per heavy atom. The molecule has 110 valence electrons. The second-order valence-corrected chi connectivity index (χ2v) is 5.33. The highest BCUT2D eigenvalue weighted by atomic mass is 79.9. The van der Waals surface area contributed by atoms with Crippen LogP contribution in [0.1, 0.15) is 10.4 Å². The highest BCUT2D eigenvalue weighted by molar-refractivity contribution is 9.09. The molecule has 0 unspecified atom stereocenters. The number of ketones is 1. The zero-order valence-electron chi connectivity index (χ0n) is 11.4. The molecule has 1 aromatic heterocycles. The third-order valence-corrected chi connectivity index (χ3v) is 3.82. The first-order valence-corrected chi connectivity index (χ1v) is 7.68. The summed E-state index contributed by atoms with van der Waals surface area (Å²) in [6.45, 7) is 0. The highest BCUT2D eigenvalue weighted by Gasteiger charge is 2.14. The third-order valence-electron chi connectivity index (χ3n) is 3.31. The maximum atomic E-state index is 12.2. The van der Waals surface area contributed by atoms with Gasteiger partial charge in [-0.15, -0.1) is 0 Å². The number of Topliss-reactive ketones (excluding diaryl/α,β-unsaturated/α-hetero) is 1. The number of alkyl halides is 1. The molecule has 3 aromatic rings. The van der Waals surface area contributed by atoms with Crippen LogP contribution in [0.25, 0.3) is 22.3 Å². The SMILES string of the molecule is O=C(CBr)c1cc(O)c2c(=O)cc(-c3ccccc3)oc2c1. The maximum absolute atomic E-state index is 12.2. The van der Waals surface area contributed by atoms with Crippen LogP contribution in [-0.4, -0.2) is 16.2 Å². The molecule has 1 heterocycles. The Morgan fingerprint density at radius 1 is 1.14 bits per heavy atom. The minimum absolute atomic E-state index is 0.0748. The maximum Gasteiger partial charge on any atom is 0.197 e. The number of hydrogen-bond acceptors (Lipinski definition) is 4. The van der Waals surface area contributed by atoms with E-state index in [0.717, 1.165) is 5.56 Å². The van der Waals surface area contributed by atoms with Gasteiger partial charge in [0.2, 0.25) is 0 Å². The molecule has 0 aliphatic carbocycles. The van der Waals surface area contributed by atoms with Gasteiger partial charge >= 0.3 is 0 Å². The second-order valence-electron chi connectivity index (χ2n) is 4.77. The zero-order chi connectivity index (χ0) is 15.7. The van der Waals surface area contributed by atoms with E-state index in [9.17, 15) is 14.7 Å². The molecule has 0 bridgehead atoms. The van der Waals surface area contributed by atoms with E-state index in [-0.39, 0.29) is 38.8 Å². The molecule has 4 nitrogen and oxygen atoms in total. The molecular formula is C17H11BrO4. The van der Waals surface area contributed by atoms with Gasteiger partial charge in [-0.1, -0.05) is 46.3 Å². The van der Waals surface area contributed by atoms with Gasteiger partial charge in [0.1, 0.15) is 22.5 Å².